The minimum absolute atomic E-state index is 0.220. The molecule has 2 rings (SSSR count). The monoisotopic (exact) mass is 456 g/mol. The van der Waals surface area contributed by atoms with Gasteiger partial charge in [0.2, 0.25) is 15.9 Å². The zero-order valence-corrected chi connectivity index (χ0v) is 19.3. The van der Waals surface area contributed by atoms with E-state index < -0.39 is 21.6 Å². The van der Waals surface area contributed by atoms with Crippen LogP contribution in [0, 0.1) is 0 Å². The molecular formula is C21H26Cl2N2O3S. The van der Waals surface area contributed by atoms with Gasteiger partial charge in [0.25, 0.3) is 0 Å². The van der Waals surface area contributed by atoms with Crippen molar-refractivity contribution in [3.8, 4) is 0 Å². The van der Waals surface area contributed by atoms with Gasteiger partial charge in [-0.1, -0.05) is 60.5 Å². The van der Waals surface area contributed by atoms with E-state index in [1.54, 1.807) is 13.0 Å². The first kappa shape index (κ1) is 23.5. The maximum Gasteiger partial charge on any atom is 0.244 e. The molecule has 0 aliphatic heterocycles. The fraction of sp³-hybridized carbons (Fsp3) is 0.381. The van der Waals surface area contributed by atoms with Crippen LogP contribution in [0.1, 0.15) is 32.8 Å². The van der Waals surface area contributed by atoms with Crippen LogP contribution in [-0.4, -0.2) is 32.2 Å². The summed E-state index contributed by atoms with van der Waals surface area (Å²) in [4.78, 5) is 13.1. The van der Waals surface area contributed by atoms with Crippen molar-refractivity contribution in [3.63, 3.8) is 0 Å². The van der Waals surface area contributed by atoms with Crippen molar-refractivity contribution in [1.29, 1.82) is 0 Å². The number of sulfonamides is 1. The number of amides is 1. The molecule has 0 radical (unpaired) electrons. The van der Waals surface area contributed by atoms with Crippen molar-refractivity contribution in [1.82, 2.24) is 5.32 Å². The van der Waals surface area contributed by atoms with E-state index in [0.717, 1.165) is 16.1 Å². The molecule has 0 heterocycles. The number of halogens is 2. The van der Waals surface area contributed by atoms with Crippen LogP contribution >= 0.6 is 23.2 Å². The lowest BCUT2D eigenvalue weighted by Crippen LogP contribution is -2.55. The molecule has 5 nitrogen and oxygen atoms in total. The van der Waals surface area contributed by atoms with Crippen LogP contribution in [0.25, 0.3) is 0 Å². The lowest BCUT2D eigenvalue weighted by atomic mass is 9.94. The second-order valence-electron chi connectivity index (χ2n) is 7.62. The SMILES string of the molecule is CC[C@@H](C(=O)NC(C)(C)Cc1ccccc1)N(c1ccc(Cl)c(Cl)c1)S(C)(=O)=O. The number of carbonyl (C=O) groups is 1. The molecule has 0 saturated heterocycles. The van der Waals surface area contributed by atoms with E-state index in [2.05, 4.69) is 5.32 Å². The minimum atomic E-state index is -3.75. The fourth-order valence-electron chi connectivity index (χ4n) is 3.25. The highest BCUT2D eigenvalue weighted by molar-refractivity contribution is 7.92. The molecule has 0 saturated carbocycles. The summed E-state index contributed by atoms with van der Waals surface area (Å²) >= 11 is 12.0. The number of hydrogen-bond acceptors (Lipinski definition) is 3. The highest BCUT2D eigenvalue weighted by Gasteiger charge is 2.34. The van der Waals surface area contributed by atoms with Crippen LogP contribution in [0.15, 0.2) is 48.5 Å². The molecule has 0 aliphatic carbocycles. The molecule has 8 heteroatoms. The number of nitrogens with one attached hydrogen (secondary N) is 1. The third-order valence-electron chi connectivity index (χ3n) is 4.44. The van der Waals surface area contributed by atoms with Gasteiger partial charge in [0.05, 0.1) is 22.0 Å². The predicted octanol–water partition coefficient (Wildman–Crippen LogP) is 4.68. The maximum atomic E-state index is 13.1. The molecule has 0 aliphatic rings. The first-order valence-corrected chi connectivity index (χ1v) is 11.9. The van der Waals surface area contributed by atoms with E-state index in [4.69, 9.17) is 23.2 Å². The van der Waals surface area contributed by atoms with Crippen LogP contribution < -0.4 is 9.62 Å². The van der Waals surface area contributed by atoms with Crippen LogP contribution in [0.4, 0.5) is 5.69 Å². The van der Waals surface area contributed by atoms with Gasteiger partial charge in [0, 0.05) is 5.54 Å². The standard InChI is InChI=1S/C21H26Cl2N2O3S/c1-5-19(20(26)24-21(2,3)14-15-9-7-6-8-10-15)25(29(4,27)28)16-11-12-17(22)18(23)13-16/h6-13,19H,5,14H2,1-4H3,(H,24,26)/t19-/m0/s1. The van der Waals surface area contributed by atoms with Gasteiger partial charge in [-0.25, -0.2) is 8.42 Å². The summed E-state index contributed by atoms with van der Waals surface area (Å²) in [5, 5.41) is 3.53. The number of nitrogens with zero attached hydrogens (tertiary/aromatic N) is 1. The van der Waals surface area contributed by atoms with Gasteiger partial charge < -0.3 is 5.32 Å². The van der Waals surface area contributed by atoms with E-state index in [1.165, 1.54) is 12.1 Å². The summed E-state index contributed by atoms with van der Waals surface area (Å²) in [6.45, 7) is 5.59. The first-order chi connectivity index (χ1) is 13.4. The lowest BCUT2D eigenvalue weighted by molar-refractivity contribution is -0.123. The van der Waals surface area contributed by atoms with Crippen molar-refractivity contribution in [2.45, 2.75) is 45.2 Å². The maximum absolute atomic E-state index is 13.1. The van der Waals surface area contributed by atoms with Crippen LogP contribution in [0.3, 0.4) is 0 Å². The third-order valence-corrected chi connectivity index (χ3v) is 6.36. The molecule has 158 valence electrons. The van der Waals surface area contributed by atoms with Crippen molar-refractivity contribution >= 4 is 44.8 Å². The zero-order valence-electron chi connectivity index (χ0n) is 16.9. The average Bonchev–Trinajstić information content (AvgIpc) is 2.61. The van der Waals surface area contributed by atoms with Gasteiger partial charge in [-0.15, -0.1) is 0 Å². The second kappa shape index (κ2) is 9.37. The third kappa shape index (κ3) is 6.36. The van der Waals surface area contributed by atoms with Gasteiger partial charge in [-0.2, -0.15) is 0 Å². The van der Waals surface area contributed by atoms with Crippen molar-refractivity contribution in [2.24, 2.45) is 0 Å². The van der Waals surface area contributed by atoms with Gasteiger partial charge in [0.15, 0.2) is 0 Å². The molecule has 2 aromatic carbocycles. The van der Waals surface area contributed by atoms with Gasteiger partial charge in [0.1, 0.15) is 6.04 Å². The normalized spacial score (nSPS) is 13.0. The quantitative estimate of drug-likeness (QED) is 0.626. The molecule has 29 heavy (non-hydrogen) atoms. The molecule has 1 N–H and O–H groups in total. The average molecular weight is 457 g/mol. The van der Waals surface area contributed by atoms with Gasteiger partial charge in [-0.3, -0.25) is 9.10 Å². The summed E-state index contributed by atoms with van der Waals surface area (Å²) in [5.74, 6) is -0.370. The van der Waals surface area contributed by atoms with Crippen molar-refractivity contribution in [2.75, 3.05) is 10.6 Å². The van der Waals surface area contributed by atoms with Gasteiger partial charge in [-0.05, 0) is 50.5 Å². The van der Waals surface area contributed by atoms with E-state index in [9.17, 15) is 13.2 Å². The van der Waals surface area contributed by atoms with Crippen molar-refractivity contribution < 1.29 is 13.2 Å². The molecule has 0 spiro atoms. The van der Waals surface area contributed by atoms with Crippen LogP contribution in [0.5, 0.6) is 0 Å². The summed E-state index contributed by atoms with van der Waals surface area (Å²) in [6.07, 6.45) is 1.97. The van der Waals surface area contributed by atoms with Crippen molar-refractivity contribution in [3.05, 3.63) is 64.1 Å². The zero-order chi connectivity index (χ0) is 21.8. The van der Waals surface area contributed by atoms with E-state index in [0.29, 0.717) is 23.6 Å². The molecule has 2 aromatic rings. The summed E-state index contributed by atoms with van der Waals surface area (Å²) in [5.41, 5.74) is 0.812. The molecule has 0 fully saturated rings. The Morgan fingerprint density at radius 3 is 2.24 bits per heavy atom. The Balaban J connectivity index is 2.31. The smallest absolute Gasteiger partial charge is 0.244 e. The summed E-state index contributed by atoms with van der Waals surface area (Å²) < 4.78 is 26.2. The first-order valence-electron chi connectivity index (χ1n) is 9.25. The molecule has 0 aromatic heterocycles. The summed E-state index contributed by atoms with van der Waals surface area (Å²) in [6, 6.07) is 13.4. The molecular weight excluding hydrogens is 431 g/mol. The van der Waals surface area contributed by atoms with Gasteiger partial charge >= 0.3 is 0 Å². The Bertz CT molecular complexity index is 963. The Morgan fingerprint density at radius 1 is 1.10 bits per heavy atom. The number of carbonyl (C=O) groups excluding carboxylic acids is 1. The predicted molar refractivity (Wildman–Crippen MR) is 120 cm³/mol. The molecule has 0 unspecified atom stereocenters. The second-order valence-corrected chi connectivity index (χ2v) is 10.3. The molecule has 0 bridgehead atoms. The summed E-state index contributed by atoms with van der Waals surface area (Å²) in [7, 11) is -3.75. The Kier molecular flexibility index (Phi) is 7.60. The molecule has 1 amide bonds. The van der Waals surface area contributed by atoms with Crippen LogP contribution in [0.2, 0.25) is 10.0 Å². The Hall–Kier alpha value is -1.76. The topological polar surface area (TPSA) is 66.5 Å². The number of benzene rings is 2. The highest BCUT2D eigenvalue weighted by Crippen LogP contribution is 2.30. The number of rotatable bonds is 8. The fourth-order valence-corrected chi connectivity index (χ4v) is 4.75. The number of hydrogen-bond donors (Lipinski definition) is 1. The highest BCUT2D eigenvalue weighted by atomic mass is 35.5. The minimum Gasteiger partial charge on any atom is -0.349 e. The molecule has 1 atom stereocenters. The number of anilines is 1. The largest absolute Gasteiger partial charge is 0.349 e. The Labute approximate surface area is 183 Å². The van der Waals surface area contributed by atoms with E-state index in [1.807, 2.05) is 44.2 Å². The van der Waals surface area contributed by atoms with E-state index in [-0.39, 0.29) is 10.9 Å². The van der Waals surface area contributed by atoms with E-state index >= 15 is 0 Å². The Morgan fingerprint density at radius 2 is 1.72 bits per heavy atom. The van der Waals surface area contributed by atoms with Crippen LogP contribution in [-0.2, 0) is 21.2 Å². The lowest BCUT2D eigenvalue weighted by Gasteiger charge is -2.34.